The van der Waals surface area contributed by atoms with Crippen molar-refractivity contribution in [1.29, 1.82) is 0 Å². The van der Waals surface area contributed by atoms with E-state index in [0.29, 0.717) is 6.04 Å². The first kappa shape index (κ1) is 18.2. The topological polar surface area (TPSA) is 47.6 Å². The normalized spacial score (nSPS) is 25.2. The van der Waals surface area contributed by atoms with Crippen LogP contribution in [-0.4, -0.2) is 60.1 Å². The van der Waals surface area contributed by atoms with Crippen molar-refractivity contribution in [1.82, 2.24) is 20.4 Å². The van der Waals surface area contributed by atoms with E-state index in [0.717, 1.165) is 52.0 Å². The van der Waals surface area contributed by atoms with E-state index in [1.807, 2.05) is 0 Å². The fourth-order valence-electron chi connectivity index (χ4n) is 3.95. The zero-order valence-corrected chi connectivity index (χ0v) is 15.6. The average Bonchev–Trinajstić information content (AvgIpc) is 3.05. The fraction of sp³-hybridized carbons (Fsp3) is 0.650. The maximum absolute atomic E-state index is 12.3. The number of hydrogen-bond acceptors (Lipinski definition) is 3. The Kier molecular flexibility index (Phi) is 6.32. The van der Waals surface area contributed by atoms with Gasteiger partial charge in [-0.25, -0.2) is 4.79 Å². The monoisotopic (exact) mass is 344 g/mol. The maximum atomic E-state index is 12.3. The third-order valence-corrected chi connectivity index (χ3v) is 5.37. The fourth-order valence-corrected chi connectivity index (χ4v) is 3.95. The van der Waals surface area contributed by atoms with Gasteiger partial charge in [-0.15, -0.1) is 0 Å². The molecule has 1 aromatic rings. The predicted octanol–water partition coefficient (Wildman–Crippen LogP) is 2.43. The molecule has 2 aliphatic heterocycles. The van der Waals surface area contributed by atoms with Gasteiger partial charge in [-0.2, -0.15) is 0 Å². The summed E-state index contributed by atoms with van der Waals surface area (Å²) in [7, 11) is 0. The molecule has 2 N–H and O–H groups in total. The second kappa shape index (κ2) is 8.68. The molecule has 0 spiro atoms. The van der Waals surface area contributed by atoms with E-state index in [-0.39, 0.29) is 18.1 Å². The summed E-state index contributed by atoms with van der Waals surface area (Å²) in [5.74, 6) is 0. The number of urea groups is 1. The second-order valence-corrected chi connectivity index (χ2v) is 7.75. The molecule has 2 atom stereocenters. The van der Waals surface area contributed by atoms with Crippen molar-refractivity contribution in [3.05, 3.63) is 35.9 Å². The van der Waals surface area contributed by atoms with E-state index >= 15 is 0 Å². The van der Waals surface area contributed by atoms with Crippen LogP contribution in [0.3, 0.4) is 0 Å². The van der Waals surface area contributed by atoms with Gasteiger partial charge in [-0.3, -0.25) is 9.80 Å². The lowest BCUT2D eigenvalue weighted by Crippen LogP contribution is -2.52. The number of hydrogen-bond donors (Lipinski definition) is 2. The van der Waals surface area contributed by atoms with E-state index in [2.05, 4.69) is 64.6 Å². The van der Waals surface area contributed by atoms with Crippen LogP contribution in [0.5, 0.6) is 0 Å². The number of likely N-dealkylation sites (tertiary alicyclic amines) is 2. The van der Waals surface area contributed by atoms with Gasteiger partial charge < -0.3 is 10.6 Å². The SMILES string of the molecule is CC(C)N1CCC(NC(=O)NC2CCCN(Cc3ccccc3)C2)C1. The Morgan fingerprint density at radius 3 is 2.48 bits per heavy atom. The highest BCUT2D eigenvalue weighted by molar-refractivity contribution is 5.74. The quantitative estimate of drug-likeness (QED) is 0.862. The zero-order chi connectivity index (χ0) is 17.6. The van der Waals surface area contributed by atoms with Gasteiger partial charge in [-0.1, -0.05) is 30.3 Å². The highest BCUT2D eigenvalue weighted by Gasteiger charge is 2.27. The molecule has 0 saturated carbocycles. The molecule has 0 aromatic heterocycles. The predicted molar refractivity (Wildman–Crippen MR) is 102 cm³/mol. The smallest absolute Gasteiger partial charge is 0.315 e. The molecule has 138 valence electrons. The van der Waals surface area contributed by atoms with Crippen LogP contribution >= 0.6 is 0 Å². The standard InChI is InChI=1S/C20H32N4O/c1-16(2)24-12-10-19(15-24)22-20(25)21-18-9-6-11-23(14-18)13-17-7-4-3-5-8-17/h3-5,7-8,16,18-19H,6,9-15H2,1-2H3,(H2,21,22,25). The molecule has 1 aromatic carbocycles. The lowest BCUT2D eigenvalue weighted by molar-refractivity contribution is 0.179. The minimum absolute atomic E-state index is 0.00201. The Labute approximate surface area is 151 Å². The van der Waals surface area contributed by atoms with Crippen molar-refractivity contribution in [3.63, 3.8) is 0 Å². The van der Waals surface area contributed by atoms with Crippen molar-refractivity contribution < 1.29 is 4.79 Å². The van der Waals surface area contributed by atoms with Crippen LogP contribution in [0.15, 0.2) is 30.3 Å². The molecule has 5 nitrogen and oxygen atoms in total. The molecule has 3 rings (SSSR count). The lowest BCUT2D eigenvalue weighted by Gasteiger charge is -2.33. The first-order valence-corrected chi connectivity index (χ1v) is 9.67. The molecule has 0 radical (unpaired) electrons. The maximum Gasteiger partial charge on any atom is 0.315 e. The number of benzene rings is 1. The van der Waals surface area contributed by atoms with Gasteiger partial charge in [0, 0.05) is 44.3 Å². The zero-order valence-electron chi connectivity index (χ0n) is 15.6. The van der Waals surface area contributed by atoms with E-state index in [1.54, 1.807) is 0 Å². The minimum Gasteiger partial charge on any atom is -0.334 e. The number of carbonyl (C=O) groups excluding carboxylic acids is 1. The molecule has 0 bridgehead atoms. The van der Waals surface area contributed by atoms with Crippen molar-refractivity contribution >= 4 is 6.03 Å². The molecule has 2 unspecified atom stereocenters. The molecule has 2 saturated heterocycles. The lowest BCUT2D eigenvalue weighted by atomic mass is 10.0. The van der Waals surface area contributed by atoms with Crippen LogP contribution in [-0.2, 0) is 6.54 Å². The number of piperidine rings is 1. The summed E-state index contributed by atoms with van der Waals surface area (Å²) in [5, 5.41) is 6.36. The summed E-state index contributed by atoms with van der Waals surface area (Å²) in [6, 6.07) is 11.7. The van der Waals surface area contributed by atoms with Gasteiger partial charge in [0.15, 0.2) is 0 Å². The van der Waals surface area contributed by atoms with Crippen LogP contribution in [0.4, 0.5) is 4.79 Å². The largest absolute Gasteiger partial charge is 0.334 e. The van der Waals surface area contributed by atoms with E-state index in [9.17, 15) is 4.79 Å². The third kappa shape index (κ3) is 5.44. The molecule has 2 amide bonds. The van der Waals surface area contributed by atoms with Gasteiger partial charge in [-0.05, 0) is 45.2 Å². The molecule has 0 aliphatic carbocycles. The van der Waals surface area contributed by atoms with Crippen molar-refractivity contribution in [2.75, 3.05) is 26.2 Å². The molecular formula is C20H32N4O. The molecular weight excluding hydrogens is 312 g/mol. The number of nitrogens with one attached hydrogen (secondary N) is 2. The van der Waals surface area contributed by atoms with Gasteiger partial charge in [0.2, 0.25) is 0 Å². The highest BCUT2D eigenvalue weighted by Crippen LogP contribution is 2.15. The minimum atomic E-state index is 0.00201. The van der Waals surface area contributed by atoms with Crippen molar-refractivity contribution in [2.45, 2.75) is 57.8 Å². The Morgan fingerprint density at radius 1 is 1.08 bits per heavy atom. The van der Waals surface area contributed by atoms with Gasteiger partial charge in [0.05, 0.1) is 0 Å². The molecule has 5 heteroatoms. The van der Waals surface area contributed by atoms with Gasteiger partial charge in [0.25, 0.3) is 0 Å². The van der Waals surface area contributed by atoms with E-state index in [1.165, 1.54) is 5.56 Å². The first-order valence-electron chi connectivity index (χ1n) is 9.67. The molecule has 2 aliphatic rings. The Hall–Kier alpha value is -1.59. The average molecular weight is 345 g/mol. The van der Waals surface area contributed by atoms with Crippen molar-refractivity contribution in [2.24, 2.45) is 0 Å². The van der Waals surface area contributed by atoms with Crippen LogP contribution in [0.2, 0.25) is 0 Å². The van der Waals surface area contributed by atoms with Gasteiger partial charge >= 0.3 is 6.03 Å². The van der Waals surface area contributed by atoms with Crippen LogP contribution in [0, 0.1) is 0 Å². The highest BCUT2D eigenvalue weighted by atomic mass is 16.2. The summed E-state index contributed by atoms with van der Waals surface area (Å²) >= 11 is 0. The van der Waals surface area contributed by atoms with Gasteiger partial charge in [0.1, 0.15) is 0 Å². The molecule has 2 fully saturated rings. The summed E-state index contributed by atoms with van der Waals surface area (Å²) in [4.78, 5) is 17.2. The third-order valence-electron chi connectivity index (χ3n) is 5.37. The number of amides is 2. The summed E-state index contributed by atoms with van der Waals surface area (Å²) in [5.41, 5.74) is 1.34. The Balaban J connectivity index is 1.42. The van der Waals surface area contributed by atoms with Crippen LogP contribution in [0.25, 0.3) is 0 Å². The first-order chi connectivity index (χ1) is 12.1. The Bertz CT molecular complexity index is 548. The Morgan fingerprint density at radius 2 is 1.80 bits per heavy atom. The summed E-state index contributed by atoms with van der Waals surface area (Å²) in [6.07, 6.45) is 3.26. The summed E-state index contributed by atoms with van der Waals surface area (Å²) < 4.78 is 0. The molecule has 25 heavy (non-hydrogen) atoms. The van der Waals surface area contributed by atoms with Crippen molar-refractivity contribution in [3.8, 4) is 0 Å². The van der Waals surface area contributed by atoms with E-state index < -0.39 is 0 Å². The number of rotatable bonds is 5. The summed E-state index contributed by atoms with van der Waals surface area (Å²) in [6.45, 7) is 9.49. The van der Waals surface area contributed by atoms with Crippen LogP contribution in [0.1, 0.15) is 38.7 Å². The van der Waals surface area contributed by atoms with E-state index in [4.69, 9.17) is 0 Å². The number of nitrogens with zero attached hydrogens (tertiary/aromatic N) is 2. The number of carbonyl (C=O) groups is 1. The van der Waals surface area contributed by atoms with Crippen LogP contribution < -0.4 is 10.6 Å². The molecule has 2 heterocycles. The second-order valence-electron chi connectivity index (χ2n) is 7.75.